The predicted octanol–water partition coefficient (Wildman–Crippen LogP) is 3.09. The summed E-state index contributed by atoms with van der Waals surface area (Å²) in [6.45, 7) is 0. The maximum atomic E-state index is 11.1. The van der Waals surface area contributed by atoms with Crippen LogP contribution in [0.15, 0.2) is 52.5 Å². The highest BCUT2D eigenvalue weighted by atomic mass is 35.5. The van der Waals surface area contributed by atoms with Gasteiger partial charge >= 0.3 is 0 Å². The number of nitrogens with zero attached hydrogens (tertiary/aromatic N) is 1. The van der Waals surface area contributed by atoms with Crippen LogP contribution in [0.25, 0.3) is 0 Å². The maximum Gasteiger partial charge on any atom is 0.238 e. The average molecular weight is 344 g/mol. The number of benzene rings is 2. The number of hydrazone groups is 1. The molecule has 0 heterocycles. The van der Waals surface area contributed by atoms with Gasteiger partial charge in [-0.05, 0) is 36.4 Å². The molecule has 2 aromatic rings. The van der Waals surface area contributed by atoms with E-state index in [9.17, 15) is 8.42 Å². The second kappa shape index (κ2) is 6.44. The fraction of sp³-hybridized carbons (Fsp3) is 0. The van der Waals surface area contributed by atoms with Gasteiger partial charge in [0.25, 0.3) is 0 Å². The van der Waals surface area contributed by atoms with Crippen molar-refractivity contribution in [1.82, 2.24) is 0 Å². The highest BCUT2D eigenvalue weighted by Gasteiger charge is 2.06. The zero-order valence-corrected chi connectivity index (χ0v) is 13.0. The van der Waals surface area contributed by atoms with Crippen LogP contribution in [0.5, 0.6) is 0 Å². The largest absolute Gasteiger partial charge is 0.279 e. The molecule has 2 rings (SSSR count). The Hall–Kier alpha value is -1.60. The molecule has 0 aliphatic rings. The number of anilines is 1. The van der Waals surface area contributed by atoms with E-state index in [1.807, 2.05) is 0 Å². The molecule has 0 aliphatic carbocycles. The first-order valence-electron chi connectivity index (χ1n) is 5.73. The Morgan fingerprint density at radius 3 is 2.33 bits per heavy atom. The summed E-state index contributed by atoms with van der Waals surface area (Å²) in [5.41, 5.74) is 4.07. The summed E-state index contributed by atoms with van der Waals surface area (Å²) in [6, 6.07) is 11.0. The zero-order chi connectivity index (χ0) is 15.5. The van der Waals surface area contributed by atoms with Crippen LogP contribution in [0.1, 0.15) is 5.56 Å². The first kappa shape index (κ1) is 15.8. The van der Waals surface area contributed by atoms with Gasteiger partial charge in [0.1, 0.15) is 0 Å². The lowest BCUT2D eigenvalue weighted by Gasteiger charge is -2.02. The van der Waals surface area contributed by atoms with Gasteiger partial charge in [0.15, 0.2) is 0 Å². The topological polar surface area (TPSA) is 84.5 Å². The van der Waals surface area contributed by atoms with E-state index in [1.54, 1.807) is 30.3 Å². The van der Waals surface area contributed by atoms with Gasteiger partial charge in [-0.2, -0.15) is 5.10 Å². The molecule has 0 saturated heterocycles. The van der Waals surface area contributed by atoms with Crippen LogP contribution >= 0.6 is 23.2 Å². The molecule has 0 aromatic heterocycles. The SMILES string of the molecule is NS(=O)(=O)c1ccc(NN=Cc2ccc(Cl)cc2Cl)cc1. The number of rotatable bonds is 4. The third-order valence-corrected chi connectivity index (χ3v) is 4.03. The Bertz CT molecular complexity index is 775. The minimum atomic E-state index is -3.69. The number of halogens is 2. The van der Waals surface area contributed by atoms with Crippen molar-refractivity contribution in [3.8, 4) is 0 Å². The lowest BCUT2D eigenvalue weighted by Crippen LogP contribution is -2.11. The molecule has 21 heavy (non-hydrogen) atoms. The molecule has 0 bridgehead atoms. The van der Waals surface area contributed by atoms with Gasteiger partial charge in [0.2, 0.25) is 10.0 Å². The maximum absolute atomic E-state index is 11.1. The summed E-state index contributed by atoms with van der Waals surface area (Å²) < 4.78 is 22.2. The van der Waals surface area contributed by atoms with Crippen LogP contribution < -0.4 is 10.6 Å². The van der Waals surface area contributed by atoms with Crippen LogP contribution in [0.4, 0.5) is 5.69 Å². The summed E-state index contributed by atoms with van der Waals surface area (Å²) in [5.74, 6) is 0. The Kier molecular flexibility index (Phi) is 4.84. The molecule has 110 valence electrons. The van der Waals surface area contributed by atoms with E-state index >= 15 is 0 Å². The summed E-state index contributed by atoms with van der Waals surface area (Å²) in [6.07, 6.45) is 1.53. The van der Waals surface area contributed by atoms with E-state index < -0.39 is 10.0 Å². The normalized spacial score (nSPS) is 11.8. The van der Waals surface area contributed by atoms with E-state index in [0.717, 1.165) is 0 Å². The Labute approximate surface area is 132 Å². The first-order chi connectivity index (χ1) is 9.86. The van der Waals surface area contributed by atoms with Crippen LogP contribution in [0, 0.1) is 0 Å². The van der Waals surface area contributed by atoms with Gasteiger partial charge in [-0.1, -0.05) is 29.3 Å². The Morgan fingerprint density at radius 1 is 1.10 bits per heavy atom. The van der Waals surface area contributed by atoms with Gasteiger partial charge < -0.3 is 0 Å². The number of hydrogen-bond donors (Lipinski definition) is 2. The van der Waals surface area contributed by atoms with Crippen molar-refractivity contribution in [2.45, 2.75) is 4.90 Å². The van der Waals surface area contributed by atoms with Gasteiger partial charge in [-0.15, -0.1) is 0 Å². The lowest BCUT2D eigenvalue weighted by atomic mass is 10.2. The van der Waals surface area contributed by atoms with Gasteiger partial charge in [-0.25, -0.2) is 13.6 Å². The second-order valence-electron chi connectivity index (χ2n) is 4.11. The van der Waals surface area contributed by atoms with E-state index in [-0.39, 0.29) is 4.90 Å². The molecule has 8 heteroatoms. The monoisotopic (exact) mass is 343 g/mol. The molecule has 0 fully saturated rings. The number of sulfonamides is 1. The highest BCUT2D eigenvalue weighted by Crippen LogP contribution is 2.19. The number of hydrogen-bond acceptors (Lipinski definition) is 4. The molecular formula is C13H11Cl2N3O2S. The summed E-state index contributed by atoms with van der Waals surface area (Å²) in [4.78, 5) is 0.0396. The molecule has 0 aliphatic heterocycles. The average Bonchev–Trinajstić information content (AvgIpc) is 2.41. The van der Waals surface area contributed by atoms with Gasteiger partial charge in [-0.3, -0.25) is 5.43 Å². The molecule has 3 N–H and O–H groups in total. The molecule has 0 saturated carbocycles. The number of nitrogens with two attached hydrogens (primary N) is 1. The number of nitrogens with one attached hydrogen (secondary N) is 1. The molecule has 0 spiro atoms. The van der Waals surface area contributed by atoms with Crippen LogP contribution in [0.2, 0.25) is 10.0 Å². The van der Waals surface area contributed by atoms with Crippen LogP contribution in [-0.4, -0.2) is 14.6 Å². The summed E-state index contributed by atoms with van der Waals surface area (Å²) in [7, 11) is -3.69. The van der Waals surface area contributed by atoms with E-state index in [0.29, 0.717) is 21.3 Å². The second-order valence-corrected chi connectivity index (χ2v) is 6.51. The van der Waals surface area contributed by atoms with Crippen molar-refractivity contribution in [3.05, 3.63) is 58.1 Å². The van der Waals surface area contributed by atoms with Gasteiger partial charge in [0.05, 0.1) is 21.8 Å². The van der Waals surface area contributed by atoms with Crippen molar-refractivity contribution in [2.75, 3.05) is 5.43 Å². The smallest absolute Gasteiger partial charge is 0.238 e. The first-order valence-corrected chi connectivity index (χ1v) is 8.03. The van der Waals surface area contributed by atoms with Crippen molar-refractivity contribution in [2.24, 2.45) is 10.2 Å². The van der Waals surface area contributed by atoms with E-state index in [2.05, 4.69) is 10.5 Å². The summed E-state index contributed by atoms with van der Waals surface area (Å²) >= 11 is 11.8. The fourth-order valence-electron chi connectivity index (χ4n) is 1.50. The van der Waals surface area contributed by atoms with Crippen molar-refractivity contribution >= 4 is 45.1 Å². The quantitative estimate of drug-likeness (QED) is 0.660. The third-order valence-electron chi connectivity index (χ3n) is 2.54. The lowest BCUT2D eigenvalue weighted by molar-refractivity contribution is 0.598. The third kappa shape index (κ3) is 4.44. The standard InChI is InChI=1S/C13H11Cl2N3O2S/c14-10-2-1-9(13(15)7-10)8-17-18-11-3-5-12(6-4-11)21(16,19)20/h1-8,18H,(H2,16,19,20). The molecule has 0 atom stereocenters. The van der Waals surface area contributed by atoms with E-state index in [4.69, 9.17) is 28.3 Å². The van der Waals surface area contributed by atoms with Gasteiger partial charge in [0, 0.05) is 10.6 Å². The highest BCUT2D eigenvalue weighted by molar-refractivity contribution is 7.89. The molecule has 5 nitrogen and oxygen atoms in total. The molecule has 0 radical (unpaired) electrons. The minimum Gasteiger partial charge on any atom is -0.279 e. The van der Waals surface area contributed by atoms with Crippen molar-refractivity contribution in [3.63, 3.8) is 0 Å². The molecular weight excluding hydrogens is 333 g/mol. The minimum absolute atomic E-state index is 0.0396. The Balaban J connectivity index is 2.07. The zero-order valence-electron chi connectivity index (χ0n) is 10.6. The Morgan fingerprint density at radius 2 is 1.76 bits per heavy atom. The summed E-state index contributed by atoms with van der Waals surface area (Å²) in [5, 5.41) is 10.0. The number of primary sulfonamides is 1. The predicted molar refractivity (Wildman–Crippen MR) is 85.5 cm³/mol. The molecule has 2 aromatic carbocycles. The van der Waals surface area contributed by atoms with Crippen LogP contribution in [0.3, 0.4) is 0 Å². The molecule has 0 amide bonds. The van der Waals surface area contributed by atoms with Crippen molar-refractivity contribution < 1.29 is 8.42 Å². The molecule has 0 unspecified atom stereocenters. The fourth-order valence-corrected chi connectivity index (χ4v) is 2.47. The van der Waals surface area contributed by atoms with E-state index in [1.165, 1.54) is 18.3 Å². The van der Waals surface area contributed by atoms with Crippen molar-refractivity contribution in [1.29, 1.82) is 0 Å². The van der Waals surface area contributed by atoms with Crippen LogP contribution in [-0.2, 0) is 10.0 Å².